The van der Waals surface area contributed by atoms with Crippen molar-refractivity contribution in [1.82, 2.24) is 15.0 Å². The molecule has 1 aromatic rings. The van der Waals surface area contributed by atoms with E-state index in [1.807, 2.05) is 0 Å². The Bertz CT molecular complexity index is 563. The maximum atomic E-state index is 5.70. The summed E-state index contributed by atoms with van der Waals surface area (Å²) in [5, 5.41) is 2.95. The molecule has 0 aliphatic rings. The lowest BCUT2D eigenvalue weighted by Crippen LogP contribution is -2.74. The van der Waals surface area contributed by atoms with Crippen LogP contribution in [0.5, 0.6) is 0 Å². The second-order valence-electron chi connectivity index (χ2n) is 5.36. The highest BCUT2D eigenvalue weighted by molar-refractivity contribution is 5.39. The molecule has 0 bridgehead atoms. The third kappa shape index (κ3) is 3.65. The molecule has 0 spiro atoms. The van der Waals surface area contributed by atoms with Gasteiger partial charge < -0.3 is 45.2 Å². The summed E-state index contributed by atoms with van der Waals surface area (Å²) in [4.78, 5) is 11.7. The number of aromatic nitrogens is 3. The number of nitrogen functional groups attached to an aromatic ring is 2. The van der Waals surface area contributed by atoms with Crippen molar-refractivity contribution < 1.29 is 28.4 Å². The number of nitrogens with two attached hydrogens (primary N) is 2. The van der Waals surface area contributed by atoms with Gasteiger partial charge in [-0.05, 0) is 6.92 Å². The molecule has 0 saturated carbocycles. The van der Waals surface area contributed by atoms with Gasteiger partial charge in [0.1, 0.15) is 6.61 Å². The minimum Gasteiger partial charge on any atom is -0.379 e. The Morgan fingerprint density at radius 1 is 0.808 bits per heavy atom. The second kappa shape index (κ2) is 8.70. The highest BCUT2D eigenvalue weighted by Crippen LogP contribution is 2.42. The summed E-state index contributed by atoms with van der Waals surface area (Å²) in [6, 6.07) is 0. The third-order valence-electron chi connectivity index (χ3n) is 4.13. The summed E-state index contributed by atoms with van der Waals surface area (Å²) < 4.78 is 33.5. The zero-order chi connectivity index (χ0) is 20.0. The predicted octanol–water partition coefficient (Wildman–Crippen LogP) is -0.565. The lowest BCUT2D eigenvalue weighted by molar-refractivity contribution is -0.435. The second-order valence-corrected chi connectivity index (χ2v) is 5.36. The summed E-state index contributed by atoms with van der Waals surface area (Å²) in [5.41, 5.74) is 9.79. The van der Waals surface area contributed by atoms with Gasteiger partial charge in [0.05, 0.1) is 0 Å². The molecule has 1 aromatic heterocycles. The molecule has 0 radical (unpaired) electrons. The first-order chi connectivity index (χ1) is 12.2. The van der Waals surface area contributed by atoms with Crippen molar-refractivity contribution in [2.45, 2.75) is 24.2 Å². The zero-order valence-corrected chi connectivity index (χ0v) is 16.2. The van der Waals surface area contributed by atoms with Crippen LogP contribution in [0, 0.1) is 0 Å². The van der Waals surface area contributed by atoms with E-state index in [1.165, 1.54) is 42.7 Å². The molecule has 150 valence electrons. The Kier molecular flexibility index (Phi) is 7.44. The molecule has 1 unspecified atom stereocenters. The van der Waals surface area contributed by atoms with Crippen molar-refractivity contribution in [3.63, 3.8) is 0 Å². The molecule has 0 aliphatic carbocycles. The molecule has 5 N–H and O–H groups in total. The third-order valence-corrected chi connectivity index (χ3v) is 4.13. The van der Waals surface area contributed by atoms with Gasteiger partial charge in [0.2, 0.25) is 17.8 Å². The fourth-order valence-corrected chi connectivity index (χ4v) is 2.85. The lowest BCUT2D eigenvalue weighted by atomic mass is 9.93. The van der Waals surface area contributed by atoms with Crippen LogP contribution in [0.2, 0.25) is 0 Å². The molecular weight excluding hydrogens is 348 g/mol. The Labute approximate surface area is 152 Å². The SMILES string of the molecule is COCC(OC)(OC)C(OC)(OC)C(C)(Nc1nc(N)nc(N)n1)OC. The van der Waals surface area contributed by atoms with Crippen molar-refractivity contribution in [3.8, 4) is 0 Å². The highest BCUT2D eigenvalue weighted by atomic mass is 16.8. The van der Waals surface area contributed by atoms with Crippen molar-refractivity contribution in [3.05, 3.63) is 0 Å². The first-order valence-corrected chi connectivity index (χ1v) is 7.53. The lowest BCUT2D eigenvalue weighted by Gasteiger charge is -2.53. The van der Waals surface area contributed by atoms with Crippen LogP contribution in [0.1, 0.15) is 6.92 Å². The Hall–Kier alpha value is -1.83. The van der Waals surface area contributed by atoms with Crippen LogP contribution in [0.25, 0.3) is 0 Å². The van der Waals surface area contributed by atoms with E-state index in [0.29, 0.717) is 0 Å². The molecule has 0 amide bonds. The molecule has 0 aromatic carbocycles. The van der Waals surface area contributed by atoms with Crippen LogP contribution in [-0.2, 0) is 28.4 Å². The molecule has 0 aliphatic heterocycles. The maximum absolute atomic E-state index is 5.70. The average Bonchev–Trinajstić information content (AvgIpc) is 2.61. The van der Waals surface area contributed by atoms with Gasteiger partial charge in [-0.15, -0.1) is 0 Å². The first kappa shape index (κ1) is 22.2. The van der Waals surface area contributed by atoms with Gasteiger partial charge in [-0.25, -0.2) is 0 Å². The smallest absolute Gasteiger partial charge is 0.275 e. The number of hydrogen-bond donors (Lipinski definition) is 3. The molecule has 0 saturated heterocycles. The molecule has 12 nitrogen and oxygen atoms in total. The van der Waals surface area contributed by atoms with Gasteiger partial charge in [-0.1, -0.05) is 0 Å². The molecule has 0 fully saturated rings. The van der Waals surface area contributed by atoms with Gasteiger partial charge in [0.15, 0.2) is 5.72 Å². The van der Waals surface area contributed by atoms with E-state index in [1.54, 1.807) is 6.92 Å². The number of rotatable bonds is 11. The van der Waals surface area contributed by atoms with Gasteiger partial charge in [-0.3, -0.25) is 0 Å². The Balaban J connectivity index is 3.53. The van der Waals surface area contributed by atoms with Gasteiger partial charge in [0, 0.05) is 42.7 Å². The minimum absolute atomic E-state index is 0.0383. The van der Waals surface area contributed by atoms with Crippen molar-refractivity contribution in [2.24, 2.45) is 0 Å². The maximum Gasteiger partial charge on any atom is 0.275 e. The molecule has 26 heavy (non-hydrogen) atoms. The molecule has 1 atom stereocenters. The summed E-state index contributed by atoms with van der Waals surface area (Å²) in [5.74, 6) is -3.32. The average molecular weight is 376 g/mol. The van der Waals surface area contributed by atoms with Gasteiger partial charge >= 0.3 is 0 Å². The number of ether oxygens (including phenoxy) is 6. The largest absolute Gasteiger partial charge is 0.379 e. The van der Waals surface area contributed by atoms with Gasteiger partial charge in [0.25, 0.3) is 11.6 Å². The van der Waals surface area contributed by atoms with E-state index < -0.39 is 17.3 Å². The summed E-state index contributed by atoms with van der Waals surface area (Å²) in [6.45, 7) is 1.57. The van der Waals surface area contributed by atoms with Crippen molar-refractivity contribution in [1.29, 1.82) is 0 Å². The highest BCUT2D eigenvalue weighted by Gasteiger charge is 2.67. The van der Waals surface area contributed by atoms with E-state index in [2.05, 4.69) is 20.3 Å². The molecule has 1 heterocycles. The number of nitrogens with one attached hydrogen (secondary N) is 1. The van der Waals surface area contributed by atoms with Crippen LogP contribution in [0.4, 0.5) is 17.8 Å². The minimum atomic E-state index is -1.69. The van der Waals surface area contributed by atoms with Crippen molar-refractivity contribution in [2.75, 3.05) is 66.0 Å². The van der Waals surface area contributed by atoms with Crippen LogP contribution in [0.3, 0.4) is 0 Å². The van der Waals surface area contributed by atoms with E-state index in [-0.39, 0.29) is 24.5 Å². The van der Waals surface area contributed by atoms with Crippen LogP contribution < -0.4 is 16.8 Å². The Morgan fingerprint density at radius 3 is 1.65 bits per heavy atom. The Morgan fingerprint density at radius 2 is 1.31 bits per heavy atom. The fraction of sp³-hybridized carbons (Fsp3) is 0.786. The summed E-state index contributed by atoms with van der Waals surface area (Å²) in [6.07, 6.45) is 0. The predicted molar refractivity (Wildman–Crippen MR) is 93.1 cm³/mol. The van der Waals surface area contributed by atoms with E-state index in [4.69, 9.17) is 39.9 Å². The normalized spacial score (nSPS) is 14.9. The number of methoxy groups -OCH3 is 6. The van der Waals surface area contributed by atoms with Crippen LogP contribution in [0.15, 0.2) is 0 Å². The monoisotopic (exact) mass is 376 g/mol. The quantitative estimate of drug-likeness (QED) is 0.423. The van der Waals surface area contributed by atoms with E-state index in [9.17, 15) is 0 Å². The number of anilines is 3. The van der Waals surface area contributed by atoms with Crippen LogP contribution >= 0.6 is 0 Å². The van der Waals surface area contributed by atoms with E-state index in [0.717, 1.165) is 0 Å². The van der Waals surface area contributed by atoms with Gasteiger partial charge in [-0.2, -0.15) is 15.0 Å². The standard InChI is InChI=1S/C14H28N6O6/c1-12(22-3,20-11-18-9(15)17-10(16)19-11)14(25-6,26-7)13(23-4,24-5)8-21-2/h8H2,1-7H3,(H5,15,16,17,18,19,20). The zero-order valence-electron chi connectivity index (χ0n) is 16.2. The molecular formula is C14H28N6O6. The summed E-state index contributed by atoms with van der Waals surface area (Å²) >= 11 is 0. The molecule has 12 heteroatoms. The molecule has 1 rings (SSSR count). The van der Waals surface area contributed by atoms with Crippen molar-refractivity contribution >= 4 is 17.8 Å². The topological polar surface area (TPSA) is 158 Å². The fourth-order valence-electron chi connectivity index (χ4n) is 2.85. The van der Waals surface area contributed by atoms with Crippen LogP contribution in [-0.4, -0.2) is 81.5 Å². The number of hydrogen-bond acceptors (Lipinski definition) is 12. The first-order valence-electron chi connectivity index (χ1n) is 7.53. The number of nitrogens with zero attached hydrogens (tertiary/aromatic N) is 3. The summed E-state index contributed by atoms with van der Waals surface area (Å²) in [7, 11) is 8.56. The van der Waals surface area contributed by atoms with E-state index >= 15 is 0 Å².